The summed E-state index contributed by atoms with van der Waals surface area (Å²) in [7, 11) is 0. The van der Waals surface area contributed by atoms with Gasteiger partial charge in [-0.25, -0.2) is 14.8 Å². The maximum atomic E-state index is 11.4. The normalized spacial score (nSPS) is 11.8. The van der Waals surface area contributed by atoms with Crippen molar-refractivity contribution in [2.75, 3.05) is 11.9 Å². The van der Waals surface area contributed by atoms with E-state index in [2.05, 4.69) is 18.8 Å². The summed E-state index contributed by atoms with van der Waals surface area (Å²) in [5.74, 6) is 0.420. The molecule has 3 aromatic rings. The Hall–Kier alpha value is -3.03. The van der Waals surface area contributed by atoms with Gasteiger partial charge >= 0.3 is 5.97 Å². The molecule has 1 unspecified atom stereocenters. The topological polar surface area (TPSA) is 84.3 Å². The molecule has 1 atom stereocenters. The SMILES string of the molecule is C=CCc1c(CC)nc(-c2cccs2)nc1Nc1ccc(C(OCC)C(=O)O)cc1. The molecule has 7 heteroatoms. The highest BCUT2D eigenvalue weighted by Crippen LogP contribution is 2.29. The molecule has 0 saturated heterocycles. The van der Waals surface area contributed by atoms with E-state index in [9.17, 15) is 9.90 Å². The van der Waals surface area contributed by atoms with Crippen molar-refractivity contribution >= 4 is 28.8 Å². The van der Waals surface area contributed by atoms with Gasteiger partial charge in [-0.05, 0) is 48.9 Å². The summed E-state index contributed by atoms with van der Waals surface area (Å²) in [4.78, 5) is 22.0. The monoisotopic (exact) mass is 423 g/mol. The summed E-state index contributed by atoms with van der Waals surface area (Å²) in [5, 5.41) is 14.8. The highest BCUT2D eigenvalue weighted by atomic mass is 32.1. The Balaban J connectivity index is 1.95. The zero-order chi connectivity index (χ0) is 21.5. The third-order valence-corrected chi connectivity index (χ3v) is 5.42. The van der Waals surface area contributed by atoms with Crippen LogP contribution >= 0.6 is 11.3 Å². The number of aromatic nitrogens is 2. The van der Waals surface area contributed by atoms with Gasteiger partial charge in [0.1, 0.15) is 5.82 Å². The van der Waals surface area contributed by atoms with Crippen LogP contribution in [-0.2, 0) is 22.4 Å². The molecule has 2 N–H and O–H groups in total. The van der Waals surface area contributed by atoms with Gasteiger partial charge in [-0.3, -0.25) is 0 Å². The number of nitrogens with one attached hydrogen (secondary N) is 1. The highest BCUT2D eigenvalue weighted by molar-refractivity contribution is 7.13. The lowest BCUT2D eigenvalue weighted by atomic mass is 10.1. The number of hydrogen-bond donors (Lipinski definition) is 2. The average molecular weight is 424 g/mol. The quantitative estimate of drug-likeness (QED) is 0.425. The van der Waals surface area contributed by atoms with Crippen LogP contribution < -0.4 is 5.32 Å². The number of allylic oxidation sites excluding steroid dienone is 1. The van der Waals surface area contributed by atoms with Crippen LogP contribution in [0.5, 0.6) is 0 Å². The fraction of sp³-hybridized carbons (Fsp3) is 0.261. The lowest BCUT2D eigenvalue weighted by molar-refractivity contribution is -0.150. The van der Waals surface area contributed by atoms with E-state index >= 15 is 0 Å². The van der Waals surface area contributed by atoms with Crippen LogP contribution in [0, 0.1) is 0 Å². The van der Waals surface area contributed by atoms with Crippen LogP contribution in [-0.4, -0.2) is 27.7 Å². The number of aryl methyl sites for hydroxylation is 1. The number of carboxylic acids is 1. The molecule has 0 bridgehead atoms. The molecule has 156 valence electrons. The summed E-state index contributed by atoms with van der Waals surface area (Å²) < 4.78 is 5.34. The molecule has 0 amide bonds. The maximum Gasteiger partial charge on any atom is 0.337 e. The van der Waals surface area contributed by atoms with E-state index in [1.807, 2.05) is 35.7 Å². The summed E-state index contributed by atoms with van der Waals surface area (Å²) in [6.45, 7) is 8.04. The van der Waals surface area contributed by atoms with E-state index in [0.29, 0.717) is 24.4 Å². The first-order valence-corrected chi connectivity index (χ1v) is 10.7. The van der Waals surface area contributed by atoms with Gasteiger partial charge in [0, 0.05) is 23.6 Å². The predicted octanol–water partition coefficient (Wildman–Crippen LogP) is 5.40. The second-order valence-electron chi connectivity index (χ2n) is 6.57. The van der Waals surface area contributed by atoms with E-state index < -0.39 is 12.1 Å². The van der Waals surface area contributed by atoms with Gasteiger partial charge in [-0.2, -0.15) is 0 Å². The number of thiophene rings is 1. The molecule has 0 radical (unpaired) electrons. The molecule has 0 aliphatic heterocycles. The molecule has 2 heterocycles. The van der Waals surface area contributed by atoms with Crippen LogP contribution in [0.15, 0.2) is 54.4 Å². The van der Waals surface area contributed by atoms with Gasteiger partial charge in [0.2, 0.25) is 0 Å². The predicted molar refractivity (Wildman–Crippen MR) is 120 cm³/mol. The Morgan fingerprint density at radius 2 is 2.03 bits per heavy atom. The molecule has 2 aromatic heterocycles. The van der Waals surface area contributed by atoms with Crippen molar-refractivity contribution in [2.45, 2.75) is 32.8 Å². The number of ether oxygens (including phenoxy) is 1. The Bertz CT molecular complexity index is 1000. The molecule has 0 fully saturated rings. The lowest BCUT2D eigenvalue weighted by Gasteiger charge is -2.16. The standard InChI is InChI=1S/C23H25N3O3S/c1-4-8-17-18(5-2)25-22(19-9-7-14-30-19)26-21(17)24-16-12-10-15(11-13-16)20(23(27)28)29-6-3/h4,7,9-14,20H,1,5-6,8H2,2-3H3,(H,27,28)(H,24,25,26). The van der Waals surface area contributed by atoms with Gasteiger partial charge in [0.25, 0.3) is 0 Å². The summed E-state index contributed by atoms with van der Waals surface area (Å²) in [6.07, 6.45) is 2.30. The number of carbonyl (C=O) groups is 1. The third kappa shape index (κ3) is 4.93. The Morgan fingerprint density at radius 1 is 1.27 bits per heavy atom. The van der Waals surface area contributed by atoms with Crippen LogP contribution in [0.2, 0.25) is 0 Å². The van der Waals surface area contributed by atoms with Crippen LogP contribution in [0.4, 0.5) is 11.5 Å². The van der Waals surface area contributed by atoms with E-state index in [4.69, 9.17) is 14.7 Å². The van der Waals surface area contributed by atoms with Gasteiger partial charge in [0.05, 0.1) is 4.88 Å². The number of carboxylic acid groups (broad SMARTS) is 1. The molecule has 3 rings (SSSR count). The van der Waals surface area contributed by atoms with Crippen LogP contribution in [0.1, 0.15) is 36.8 Å². The molecule has 0 spiro atoms. The Kier molecular flexibility index (Phi) is 7.32. The third-order valence-electron chi connectivity index (χ3n) is 4.55. The number of hydrogen-bond acceptors (Lipinski definition) is 6. The van der Waals surface area contributed by atoms with Crippen LogP contribution in [0.25, 0.3) is 10.7 Å². The van der Waals surface area contributed by atoms with Crippen molar-refractivity contribution in [1.29, 1.82) is 0 Å². The Labute approximate surface area is 180 Å². The van der Waals surface area contributed by atoms with E-state index in [0.717, 1.165) is 34.1 Å². The first-order valence-electron chi connectivity index (χ1n) is 9.83. The van der Waals surface area contributed by atoms with Crippen molar-refractivity contribution in [1.82, 2.24) is 9.97 Å². The van der Waals surface area contributed by atoms with E-state index in [1.54, 1.807) is 30.4 Å². The van der Waals surface area contributed by atoms with Crippen molar-refractivity contribution in [3.8, 4) is 10.7 Å². The van der Waals surface area contributed by atoms with Crippen molar-refractivity contribution in [2.24, 2.45) is 0 Å². The zero-order valence-electron chi connectivity index (χ0n) is 17.1. The zero-order valence-corrected chi connectivity index (χ0v) is 17.9. The second-order valence-corrected chi connectivity index (χ2v) is 7.51. The maximum absolute atomic E-state index is 11.4. The fourth-order valence-electron chi connectivity index (χ4n) is 3.16. The van der Waals surface area contributed by atoms with Crippen molar-refractivity contribution in [3.05, 3.63) is 71.3 Å². The fourth-order valence-corrected chi connectivity index (χ4v) is 3.81. The summed E-state index contributed by atoms with van der Waals surface area (Å²) in [6, 6.07) is 11.2. The van der Waals surface area contributed by atoms with Crippen molar-refractivity contribution in [3.63, 3.8) is 0 Å². The number of benzene rings is 1. The Morgan fingerprint density at radius 3 is 2.60 bits per heavy atom. The number of rotatable bonds is 10. The molecular formula is C23H25N3O3S. The molecule has 30 heavy (non-hydrogen) atoms. The molecule has 6 nitrogen and oxygen atoms in total. The van der Waals surface area contributed by atoms with Gasteiger partial charge < -0.3 is 15.2 Å². The molecular weight excluding hydrogens is 398 g/mol. The molecule has 0 aliphatic rings. The summed E-state index contributed by atoms with van der Waals surface area (Å²) >= 11 is 1.60. The number of aliphatic carboxylic acids is 1. The van der Waals surface area contributed by atoms with E-state index in [1.165, 1.54) is 0 Å². The van der Waals surface area contributed by atoms with Crippen LogP contribution in [0.3, 0.4) is 0 Å². The molecule has 1 aromatic carbocycles. The first kappa shape index (κ1) is 21.7. The summed E-state index contributed by atoms with van der Waals surface area (Å²) in [5.41, 5.74) is 3.39. The number of anilines is 2. The molecule has 0 aliphatic carbocycles. The molecule has 0 saturated carbocycles. The minimum atomic E-state index is -1.00. The van der Waals surface area contributed by atoms with Gasteiger partial charge in [0.15, 0.2) is 11.9 Å². The average Bonchev–Trinajstić information content (AvgIpc) is 3.28. The van der Waals surface area contributed by atoms with Gasteiger partial charge in [-0.15, -0.1) is 17.9 Å². The first-order chi connectivity index (χ1) is 14.6. The lowest BCUT2D eigenvalue weighted by Crippen LogP contribution is -2.15. The minimum Gasteiger partial charge on any atom is -0.479 e. The van der Waals surface area contributed by atoms with Crippen molar-refractivity contribution < 1.29 is 14.6 Å². The number of nitrogens with zero attached hydrogens (tertiary/aromatic N) is 2. The largest absolute Gasteiger partial charge is 0.479 e. The highest BCUT2D eigenvalue weighted by Gasteiger charge is 2.20. The van der Waals surface area contributed by atoms with E-state index in [-0.39, 0.29) is 0 Å². The smallest absolute Gasteiger partial charge is 0.337 e. The second kappa shape index (κ2) is 10.1. The van der Waals surface area contributed by atoms with Gasteiger partial charge in [-0.1, -0.05) is 31.2 Å². The minimum absolute atomic E-state index is 0.327.